The summed E-state index contributed by atoms with van der Waals surface area (Å²) in [7, 11) is 3.83. The van der Waals surface area contributed by atoms with E-state index in [0.29, 0.717) is 25.3 Å². The minimum absolute atomic E-state index is 0.120. The van der Waals surface area contributed by atoms with E-state index in [9.17, 15) is 14.7 Å². The lowest BCUT2D eigenvalue weighted by Crippen LogP contribution is -2.35. The molecule has 0 radical (unpaired) electrons. The molecule has 1 heterocycles. The summed E-state index contributed by atoms with van der Waals surface area (Å²) in [4.78, 5) is 29.4. The summed E-state index contributed by atoms with van der Waals surface area (Å²) in [6.07, 6.45) is 0.906. The first-order valence-corrected chi connectivity index (χ1v) is 10.6. The Bertz CT molecular complexity index is 962. The highest BCUT2D eigenvalue weighted by molar-refractivity contribution is 6.46. The molecule has 1 fully saturated rings. The Morgan fingerprint density at radius 2 is 1.71 bits per heavy atom. The van der Waals surface area contributed by atoms with Crippen LogP contribution < -0.4 is 4.74 Å². The molecule has 1 amide bonds. The molecule has 0 unspecified atom stereocenters. The largest absolute Gasteiger partial charge is 0.507 e. The number of nitrogens with zero attached hydrogens (tertiary/aromatic N) is 2. The Morgan fingerprint density at radius 3 is 2.29 bits per heavy atom. The third kappa shape index (κ3) is 4.97. The van der Waals surface area contributed by atoms with E-state index in [1.54, 1.807) is 17.0 Å². The molecule has 0 aliphatic carbocycles. The summed E-state index contributed by atoms with van der Waals surface area (Å²) >= 11 is 0. The van der Waals surface area contributed by atoms with E-state index in [4.69, 9.17) is 4.74 Å². The minimum atomic E-state index is -0.659. The SMILES string of the molecule is CCCOc1ccc([C@@H]2C(=C(O)c3ccc(C)cc3)C(=O)C(=O)N2CCN(C)C)cc1. The standard InChI is InChI=1S/C25H30N2O4/c1-5-16-31-20-12-10-18(11-13-20)22-21(23(28)19-8-6-17(2)7-9-19)24(29)25(30)27(22)15-14-26(3)4/h6-13,22,28H,5,14-16H2,1-4H3/t22-/m1/s1. The van der Waals surface area contributed by atoms with Crippen LogP contribution in [-0.2, 0) is 9.59 Å². The molecule has 6 nitrogen and oxygen atoms in total. The molecule has 1 aliphatic heterocycles. The van der Waals surface area contributed by atoms with Crippen LogP contribution in [0.3, 0.4) is 0 Å². The smallest absolute Gasteiger partial charge is 0.295 e. The fourth-order valence-electron chi connectivity index (χ4n) is 3.60. The van der Waals surface area contributed by atoms with Crippen LogP contribution in [0.1, 0.15) is 36.1 Å². The molecule has 3 rings (SSSR count). The molecular formula is C25H30N2O4. The number of aliphatic hydroxyl groups excluding tert-OH is 1. The number of rotatable bonds is 8. The molecule has 0 aromatic heterocycles. The molecule has 2 aromatic rings. The zero-order chi connectivity index (χ0) is 22.5. The predicted molar refractivity (Wildman–Crippen MR) is 121 cm³/mol. The van der Waals surface area contributed by atoms with Crippen molar-refractivity contribution < 1.29 is 19.4 Å². The van der Waals surface area contributed by atoms with Gasteiger partial charge in [0, 0.05) is 18.7 Å². The number of hydrogen-bond acceptors (Lipinski definition) is 5. The van der Waals surface area contributed by atoms with Crippen LogP contribution >= 0.6 is 0 Å². The summed E-state index contributed by atoms with van der Waals surface area (Å²) in [5, 5.41) is 11.0. The van der Waals surface area contributed by atoms with Gasteiger partial charge in [-0.2, -0.15) is 0 Å². The minimum Gasteiger partial charge on any atom is -0.507 e. The maximum absolute atomic E-state index is 13.0. The van der Waals surface area contributed by atoms with E-state index in [2.05, 4.69) is 0 Å². The Morgan fingerprint density at radius 1 is 1.06 bits per heavy atom. The van der Waals surface area contributed by atoms with Crippen molar-refractivity contribution in [3.8, 4) is 5.75 Å². The molecular weight excluding hydrogens is 392 g/mol. The van der Waals surface area contributed by atoms with Crippen molar-refractivity contribution in [2.24, 2.45) is 0 Å². The molecule has 6 heteroatoms. The molecule has 2 aromatic carbocycles. The van der Waals surface area contributed by atoms with Crippen LogP contribution in [0.4, 0.5) is 0 Å². The second-order valence-corrected chi connectivity index (χ2v) is 8.08. The average Bonchev–Trinajstić information content (AvgIpc) is 3.01. The number of likely N-dealkylation sites (N-methyl/N-ethyl adjacent to an activating group) is 1. The molecule has 1 saturated heterocycles. The number of carbonyl (C=O) groups is 2. The Kier molecular flexibility index (Phi) is 7.13. The lowest BCUT2D eigenvalue weighted by atomic mass is 9.95. The fourth-order valence-corrected chi connectivity index (χ4v) is 3.60. The molecule has 164 valence electrons. The van der Waals surface area contributed by atoms with Gasteiger partial charge in [-0.3, -0.25) is 9.59 Å². The van der Waals surface area contributed by atoms with Crippen LogP contribution in [-0.4, -0.2) is 60.4 Å². The van der Waals surface area contributed by atoms with Gasteiger partial charge in [0.1, 0.15) is 11.5 Å². The topological polar surface area (TPSA) is 70.1 Å². The predicted octanol–water partition coefficient (Wildman–Crippen LogP) is 3.77. The van der Waals surface area contributed by atoms with Crippen molar-refractivity contribution >= 4 is 17.4 Å². The number of aryl methyl sites for hydroxylation is 1. The van der Waals surface area contributed by atoms with Gasteiger partial charge in [-0.15, -0.1) is 0 Å². The van der Waals surface area contributed by atoms with Crippen LogP contribution in [0.25, 0.3) is 5.76 Å². The molecule has 0 bridgehead atoms. The first-order chi connectivity index (χ1) is 14.8. The number of hydrogen-bond donors (Lipinski definition) is 1. The number of aliphatic hydroxyl groups is 1. The zero-order valence-corrected chi connectivity index (χ0v) is 18.6. The van der Waals surface area contributed by atoms with Gasteiger partial charge in [-0.1, -0.05) is 48.9 Å². The summed E-state index contributed by atoms with van der Waals surface area (Å²) in [6, 6.07) is 14.0. The van der Waals surface area contributed by atoms with Crippen molar-refractivity contribution in [2.75, 3.05) is 33.8 Å². The number of carbonyl (C=O) groups excluding carboxylic acids is 2. The second-order valence-electron chi connectivity index (χ2n) is 8.08. The number of benzene rings is 2. The number of ketones is 1. The second kappa shape index (κ2) is 9.79. The molecule has 1 aliphatic rings. The van der Waals surface area contributed by atoms with Crippen molar-refractivity contribution in [3.05, 3.63) is 70.8 Å². The third-order valence-electron chi connectivity index (χ3n) is 5.32. The Labute approximate surface area is 183 Å². The zero-order valence-electron chi connectivity index (χ0n) is 18.6. The molecule has 0 saturated carbocycles. The van der Waals surface area contributed by atoms with Gasteiger partial charge in [0.2, 0.25) is 0 Å². The summed E-state index contributed by atoms with van der Waals surface area (Å²) in [5.74, 6) is -0.670. The fraction of sp³-hybridized carbons (Fsp3) is 0.360. The molecule has 1 atom stereocenters. The van der Waals surface area contributed by atoms with E-state index in [1.807, 2.05) is 69.2 Å². The maximum Gasteiger partial charge on any atom is 0.295 e. The van der Waals surface area contributed by atoms with Crippen LogP contribution in [0.2, 0.25) is 0 Å². The third-order valence-corrected chi connectivity index (χ3v) is 5.32. The van der Waals surface area contributed by atoms with E-state index >= 15 is 0 Å². The van der Waals surface area contributed by atoms with Crippen molar-refractivity contribution in [1.29, 1.82) is 0 Å². The molecule has 31 heavy (non-hydrogen) atoms. The molecule has 0 spiro atoms. The highest BCUT2D eigenvalue weighted by atomic mass is 16.5. The van der Waals surface area contributed by atoms with Crippen LogP contribution in [0.15, 0.2) is 54.1 Å². The highest BCUT2D eigenvalue weighted by Gasteiger charge is 2.45. The van der Waals surface area contributed by atoms with E-state index in [0.717, 1.165) is 23.3 Å². The number of ether oxygens (including phenoxy) is 1. The van der Waals surface area contributed by atoms with Gasteiger partial charge in [0.15, 0.2) is 0 Å². The average molecular weight is 423 g/mol. The van der Waals surface area contributed by atoms with E-state index < -0.39 is 17.7 Å². The van der Waals surface area contributed by atoms with Crippen molar-refractivity contribution in [2.45, 2.75) is 26.3 Å². The van der Waals surface area contributed by atoms with Gasteiger partial charge in [-0.05, 0) is 45.1 Å². The van der Waals surface area contributed by atoms with Crippen LogP contribution in [0.5, 0.6) is 5.75 Å². The van der Waals surface area contributed by atoms with Gasteiger partial charge in [0.25, 0.3) is 11.7 Å². The quantitative estimate of drug-likeness (QED) is 0.398. The number of likely N-dealkylation sites (tertiary alicyclic amines) is 1. The van der Waals surface area contributed by atoms with Crippen molar-refractivity contribution in [1.82, 2.24) is 9.80 Å². The first-order valence-electron chi connectivity index (χ1n) is 10.6. The van der Waals surface area contributed by atoms with E-state index in [-0.39, 0.29) is 11.3 Å². The monoisotopic (exact) mass is 422 g/mol. The maximum atomic E-state index is 13.0. The van der Waals surface area contributed by atoms with Gasteiger partial charge >= 0.3 is 0 Å². The van der Waals surface area contributed by atoms with Gasteiger partial charge < -0.3 is 19.6 Å². The van der Waals surface area contributed by atoms with Gasteiger partial charge in [0.05, 0.1) is 18.2 Å². The summed E-state index contributed by atoms with van der Waals surface area (Å²) in [6.45, 7) is 5.59. The summed E-state index contributed by atoms with van der Waals surface area (Å²) in [5.41, 5.74) is 2.44. The lowest BCUT2D eigenvalue weighted by Gasteiger charge is -2.26. The highest BCUT2D eigenvalue weighted by Crippen LogP contribution is 2.39. The van der Waals surface area contributed by atoms with Crippen LogP contribution in [0, 0.1) is 6.92 Å². The lowest BCUT2D eigenvalue weighted by molar-refractivity contribution is -0.140. The van der Waals surface area contributed by atoms with E-state index in [1.165, 1.54) is 0 Å². The normalized spacial score (nSPS) is 18.1. The summed E-state index contributed by atoms with van der Waals surface area (Å²) < 4.78 is 5.66. The number of Topliss-reactive ketones (excluding diaryl/α,β-unsaturated/α-hetero) is 1. The first kappa shape index (κ1) is 22.6. The Hall–Kier alpha value is -3.12. The van der Waals surface area contributed by atoms with Crippen molar-refractivity contribution in [3.63, 3.8) is 0 Å². The Balaban J connectivity index is 2.06. The van der Waals surface area contributed by atoms with Gasteiger partial charge in [-0.25, -0.2) is 0 Å². The molecule has 1 N–H and O–H groups in total. The number of amides is 1.